The van der Waals surface area contributed by atoms with E-state index in [9.17, 15) is 0 Å². The van der Waals surface area contributed by atoms with Gasteiger partial charge in [0.2, 0.25) is 17.8 Å². The minimum absolute atomic E-state index is 0.478. The number of hydrogen-bond donors (Lipinski definition) is 2. The van der Waals surface area contributed by atoms with Gasteiger partial charge >= 0.3 is 0 Å². The van der Waals surface area contributed by atoms with E-state index in [0.717, 1.165) is 13.0 Å². The number of hydrogen-bond acceptors (Lipinski definition) is 6. The third-order valence-corrected chi connectivity index (χ3v) is 3.73. The summed E-state index contributed by atoms with van der Waals surface area (Å²) in [5, 5.41) is 6.71. The highest BCUT2D eigenvalue weighted by Gasteiger charge is 2.24. The number of nitrogens with zero attached hydrogens (tertiary/aromatic N) is 4. The monoisotopic (exact) mass is 278 g/mol. The van der Waals surface area contributed by atoms with Gasteiger partial charge in [-0.2, -0.15) is 15.0 Å². The molecule has 1 saturated carbocycles. The number of aromatic nitrogens is 3. The van der Waals surface area contributed by atoms with E-state index in [-0.39, 0.29) is 0 Å². The third kappa shape index (κ3) is 3.71. The number of rotatable bonds is 6. The summed E-state index contributed by atoms with van der Waals surface area (Å²) in [4.78, 5) is 15.3. The van der Waals surface area contributed by atoms with E-state index in [0.29, 0.717) is 29.8 Å². The lowest BCUT2D eigenvalue weighted by Crippen LogP contribution is -2.25. The maximum atomic E-state index is 4.49. The molecule has 0 saturated heterocycles. The van der Waals surface area contributed by atoms with Gasteiger partial charge in [0.25, 0.3) is 0 Å². The maximum absolute atomic E-state index is 4.49. The highest BCUT2D eigenvalue weighted by Crippen LogP contribution is 2.27. The first kappa shape index (κ1) is 14.8. The molecule has 6 nitrogen and oxygen atoms in total. The van der Waals surface area contributed by atoms with Crippen LogP contribution in [-0.4, -0.2) is 41.6 Å². The Labute approximate surface area is 121 Å². The highest BCUT2D eigenvalue weighted by molar-refractivity contribution is 5.43. The third-order valence-electron chi connectivity index (χ3n) is 3.73. The van der Waals surface area contributed by atoms with E-state index in [1.807, 2.05) is 19.0 Å². The molecule has 20 heavy (non-hydrogen) atoms. The van der Waals surface area contributed by atoms with Crippen LogP contribution in [0.2, 0.25) is 0 Å². The molecule has 6 heteroatoms. The van der Waals surface area contributed by atoms with Gasteiger partial charge in [0, 0.05) is 26.7 Å². The molecular weight excluding hydrogens is 252 g/mol. The van der Waals surface area contributed by atoms with Crippen LogP contribution in [0.1, 0.15) is 39.5 Å². The fourth-order valence-electron chi connectivity index (χ4n) is 2.47. The van der Waals surface area contributed by atoms with Crippen molar-refractivity contribution in [3.63, 3.8) is 0 Å². The molecule has 1 fully saturated rings. The topological polar surface area (TPSA) is 66.0 Å². The van der Waals surface area contributed by atoms with E-state index in [4.69, 9.17) is 0 Å². The van der Waals surface area contributed by atoms with E-state index in [1.54, 1.807) is 0 Å². The first-order chi connectivity index (χ1) is 9.60. The van der Waals surface area contributed by atoms with Gasteiger partial charge in [0.1, 0.15) is 0 Å². The average molecular weight is 278 g/mol. The molecule has 0 spiro atoms. The minimum atomic E-state index is 0.478. The lowest BCUT2D eigenvalue weighted by molar-refractivity contribution is 0.553. The molecule has 0 radical (unpaired) electrons. The molecule has 2 N–H and O–H groups in total. The minimum Gasteiger partial charge on any atom is -0.354 e. The lowest BCUT2D eigenvalue weighted by atomic mass is 10.1. The maximum Gasteiger partial charge on any atom is 0.231 e. The summed E-state index contributed by atoms with van der Waals surface area (Å²) in [6.07, 6.45) is 4.81. The smallest absolute Gasteiger partial charge is 0.231 e. The van der Waals surface area contributed by atoms with E-state index >= 15 is 0 Å². The summed E-state index contributed by atoms with van der Waals surface area (Å²) in [5.41, 5.74) is 0. The van der Waals surface area contributed by atoms with Gasteiger partial charge in [-0.05, 0) is 25.2 Å². The van der Waals surface area contributed by atoms with Gasteiger partial charge in [-0.3, -0.25) is 0 Å². The Bertz CT molecular complexity index is 434. The van der Waals surface area contributed by atoms with Gasteiger partial charge < -0.3 is 15.5 Å². The Morgan fingerprint density at radius 1 is 1.15 bits per heavy atom. The second kappa shape index (κ2) is 6.72. The highest BCUT2D eigenvalue weighted by atomic mass is 15.3. The second-order valence-corrected chi connectivity index (χ2v) is 5.76. The molecule has 2 atom stereocenters. The van der Waals surface area contributed by atoms with Crippen LogP contribution in [0.25, 0.3) is 0 Å². The number of nitrogens with one attached hydrogen (secondary N) is 2. The van der Waals surface area contributed by atoms with Crippen molar-refractivity contribution in [3.05, 3.63) is 0 Å². The molecule has 0 aromatic carbocycles. The lowest BCUT2D eigenvalue weighted by Gasteiger charge is -2.19. The van der Waals surface area contributed by atoms with Gasteiger partial charge in [-0.15, -0.1) is 0 Å². The van der Waals surface area contributed by atoms with Gasteiger partial charge in [0.15, 0.2) is 0 Å². The van der Waals surface area contributed by atoms with Crippen molar-refractivity contribution in [2.45, 2.75) is 45.6 Å². The van der Waals surface area contributed by atoms with Crippen molar-refractivity contribution in [1.82, 2.24) is 15.0 Å². The van der Waals surface area contributed by atoms with Crippen molar-refractivity contribution in [3.8, 4) is 0 Å². The second-order valence-electron chi connectivity index (χ2n) is 5.76. The molecular formula is C14H26N6. The summed E-state index contributed by atoms with van der Waals surface area (Å²) < 4.78 is 0. The Balaban J connectivity index is 2.15. The van der Waals surface area contributed by atoms with Crippen LogP contribution in [0.15, 0.2) is 0 Å². The molecule has 0 bridgehead atoms. The predicted octanol–water partition coefficient (Wildman–Crippen LogP) is 2.36. The summed E-state index contributed by atoms with van der Waals surface area (Å²) in [6, 6.07) is 0.478. The van der Waals surface area contributed by atoms with Crippen LogP contribution >= 0.6 is 0 Å². The summed E-state index contributed by atoms with van der Waals surface area (Å²) in [5.74, 6) is 2.70. The average Bonchev–Trinajstić information content (AvgIpc) is 2.81. The largest absolute Gasteiger partial charge is 0.354 e. The summed E-state index contributed by atoms with van der Waals surface area (Å²) in [6.45, 7) is 5.28. The standard InChI is InChI=1S/C14H26N6/c1-5-9-15-12-17-13(19-14(18-12)20(3)4)16-11-8-6-7-10(11)2/h10-11H,5-9H2,1-4H3,(H2,15,16,17,18,19). The summed E-state index contributed by atoms with van der Waals surface area (Å²) >= 11 is 0. The molecule has 1 aliphatic carbocycles. The Morgan fingerprint density at radius 2 is 1.90 bits per heavy atom. The SMILES string of the molecule is CCCNc1nc(NC2CCCC2C)nc(N(C)C)n1. The van der Waals surface area contributed by atoms with E-state index < -0.39 is 0 Å². The molecule has 1 aromatic heterocycles. The van der Waals surface area contributed by atoms with Crippen LogP contribution in [0.5, 0.6) is 0 Å². The Hall–Kier alpha value is -1.59. The zero-order valence-corrected chi connectivity index (χ0v) is 13.0. The van der Waals surface area contributed by atoms with Gasteiger partial charge in [-0.1, -0.05) is 20.3 Å². The van der Waals surface area contributed by atoms with Crippen molar-refractivity contribution in [1.29, 1.82) is 0 Å². The Morgan fingerprint density at radius 3 is 2.50 bits per heavy atom. The van der Waals surface area contributed by atoms with E-state index in [2.05, 4.69) is 39.4 Å². The molecule has 1 heterocycles. The normalized spacial score (nSPS) is 21.8. The fraction of sp³-hybridized carbons (Fsp3) is 0.786. The van der Waals surface area contributed by atoms with Crippen LogP contribution < -0.4 is 15.5 Å². The van der Waals surface area contributed by atoms with Crippen molar-refractivity contribution < 1.29 is 0 Å². The zero-order valence-electron chi connectivity index (χ0n) is 13.0. The summed E-state index contributed by atoms with van der Waals surface area (Å²) in [7, 11) is 3.89. The molecule has 112 valence electrons. The molecule has 1 aliphatic rings. The zero-order chi connectivity index (χ0) is 14.5. The molecule has 1 aromatic rings. The van der Waals surface area contributed by atoms with Crippen LogP contribution in [0, 0.1) is 5.92 Å². The molecule has 2 rings (SSSR count). The quantitative estimate of drug-likeness (QED) is 0.832. The predicted molar refractivity (Wildman–Crippen MR) is 83.4 cm³/mol. The number of anilines is 3. The van der Waals surface area contributed by atoms with E-state index in [1.165, 1.54) is 19.3 Å². The molecule has 0 aliphatic heterocycles. The first-order valence-corrected chi connectivity index (χ1v) is 7.54. The van der Waals surface area contributed by atoms with Crippen molar-refractivity contribution in [2.24, 2.45) is 5.92 Å². The molecule has 0 amide bonds. The van der Waals surface area contributed by atoms with Crippen LogP contribution in [-0.2, 0) is 0 Å². The van der Waals surface area contributed by atoms with Crippen LogP contribution in [0.4, 0.5) is 17.8 Å². The van der Waals surface area contributed by atoms with Crippen molar-refractivity contribution in [2.75, 3.05) is 36.2 Å². The fourth-order valence-corrected chi connectivity index (χ4v) is 2.47. The van der Waals surface area contributed by atoms with Gasteiger partial charge in [0.05, 0.1) is 0 Å². The first-order valence-electron chi connectivity index (χ1n) is 7.54. The van der Waals surface area contributed by atoms with Gasteiger partial charge in [-0.25, -0.2) is 0 Å². The van der Waals surface area contributed by atoms with Crippen LogP contribution in [0.3, 0.4) is 0 Å². The Kier molecular flexibility index (Phi) is 4.98. The molecule has 2 unspecified atom stereocenters. The van der Waals surface area contributed by atoms with Crippen molar-refractivity contribution >= 4 is 17.8 Å².